The molecular formula is C28H28N2O4. The molecule has 34 heavy (non-hydrogen) atoms. The fraction of sp³-hybridized carbons (Fsp3) is 0.357. The second-order valence-corrected chi connectivity index (χ2v) is 9.66. The van der Waals surface area contributed by atoms with Crippen molar-refractivity contribution in [3.05, 3.63) is 81.6 Å². The van der Waals surface area contributed by atoms with Crippen LogP contribution >= 0.6 is 0 Å². The number of pyridine rings is 1. The highest BCUT2D eigenvalue weighted by Gasteiger charge is 2.46. The summed E-state index contributed by atoms with van der Waals surface area (Å²) in [5.41, 5.74) is 3.71. The molecule has 1 unspecified atom stereocenters. The van der Waals surface area contributed by atoms with E-state index in [9.17, 15) is 9.59 Å². The van der Waals surface area contributed by atoms with Crippen LogP contribution in [0.3, 0.4) is 0 Å². The van der Waals surface area contributed by atoms with Gasteiger partial charge in [-0.3, -0.25) is 9.59 Å². The number of fused-ring (bicyclic) bond motifs is 3. The minimum Gasteiger partial charge on any atom is -0.486 e. The highest BCUT2D eigenvalue weighted by Crippen LogP contribution is 2.52. The molecule has 0 bridgehead atoms. The third-order valence-corrected chi connectivity index (χ3v) is 7.72. The van der Waals surface area contributed by atoms with Gasteiger partial charge in [0.1, 0.15) is 18.8 Å². The van der Waals surface area contributed by atoms with Crippen molar-refractivity contribution in [2.24, 2.45) is 0 Å². The van der Waals surface area contributed by atoms with Crippen LogP contribution in [0.15, 0.2) is 59.4 Å². The largest absolute Gasteiger partial charge is 0.486 e. The smallest absolute Gasteiger partial charge is 0.261 e. The van der Waals surface area contributed by atoms with Gasteiger partial charge in [-0.25, -0.2) is 0 Å². The fourth-order valence-electron chi connectivity index (χ4n) is 5.94. The van der Waals surface area contributed by atoms with Gasteiger partial charge in [0.15, 0.2) is 11.5 Å². The molecule has 3 aromatic rings. The van der Waals surface area contributed by atoms with Crippen molar-refractivity contribution in [1.29, 1.82) is 0 Å². The molecule has 1 aliphatic carbocycles. The van der Waals surface area contributed by atoms with Crippen LogP contribution < -0.4 is 15.0 Å². The molecule has 6 nitrogen and oxygen atoms in total. The van der Waals surface area contributed by atoms with Gasteiger partial charge in [0.05, 0.1) is 6.04 Å². The molecular weight excluding hydrogens is 428 g/mol. The monoisotopic (exact) mass is 456 g/mol. The lowest BCUT2D eigenvalue weighted by Crippen LogP contribution is -2.49. The van der Waals surface area contributed by atoms with Crippen LogP contribution in [-0.4, -0.2) is 35.5 Å². The minimum absolute atomic E-state index is 0.107. The van der Waals surface area contributed by atoms with Crippen molar-refractivity contribution in [2.45, 2.75) is 44.1 Å². The first-order chi connectivity index (χ1) is 16.6. The Labute approximate surface area is 198 Å². The Bertz CT molecular complexity index is 1310. The second kappa shape index (κ2) is 8.05. The number of aromatic amines is 1. The summed E-state index contributed by atoms with van der Waals surface area (Å²) in [6.07, 6.45) is 4.33. The van der Waals surface area contributed by atoms with Gasteiger partial charge >= 0.3 is 0 Å². The minimum atomic E-state index is -0.355. The number of H-pyrrole nitrogens is 1. The molecule has 3 heterocycles. The van der Waals surface area contributed by atoms with Crippen LogP contribution in [0, 0.1) is 0 Å². The first-order valence-electron chi connectivity index (χ1n) is 12.1. The van der Waals surface area contributed by atoms with E-state index in [1.54, 1.807) is 6.07 Å². The standard InChI is InChI=1S/C28H28N2O4/c1-18-21-15-24-25(34-14-13-33-24)16-22(21)28(11-5-6-12-28)17-30(18)27(32)20-9-10-23(29-26(20)31)19-7-3-2-4-8-19/h2-4,7-10,15-16,18H,5-6,11-14,17H2,1H3,(H,29,31). The summed E-state index contributed by atoms with van der Waals surface area (Å²) >= 11 is 0. The lowest BCUT2D eigenvalue weighted by atomic mass is 9.71. The quantitative estimate of drug-likeness (QED) is 0.599. The van der Waals surface area contributed by atoms with Crippen molar-refractivity contribution >= 4 is 5.91 Å². The van der Waals surface area contributed by atoms with Gasteiger partial charge in [-0.2, -0.15) is 0 Å². The first-order valence-corrected chi connectivity index (χ1v) is 12.1. The lowest BCUT2D eigenvalue weighted by Gasteiger charge is -2.46. The summed E-state index contributed by atoms with van der Waals surface area (Å²) in [7, 11) is 0. The van der Waals surface area contributed by atoms with Crippen molar-refractivity contribution in [3.8, 4) is 22.8 Å². The Hall–Kier alpha value is -3.54. The highest BCUT2D eigenvalue weighted by molar-refractivity contribution is 5.94. The predicted molar refractivity (Wildman–Crippen MR) is 130 cm³/mol. The third kappa shape index (κ3) is 3.31. The molecule has 1 aromatic heterocycles. The van der Waals surface area contributed by atoms with E-state index in [4.69, 9.17) is 9.47 Å². The topological polar surface area (TPSA) is 71.6 Å². The zero-order valence-corrected chi connectivity index (χ0v) is 19.3. The summed E-state index contributed by atoms with van der Waals surface area (Å²) in [6, 6.07) is 17.2. The number of amides is 1. The second-order valence-electron chi connectivity index (χ2n) is 9.66. The highest BCUT2D eigenvalue weighted by atomic mass is 16.6. The fourth-order valence-corrected chi connectivity index (χ4v) is 5.94. The number of nitrogens with zero attached hydrogens (tertiary/aromatic N) is 1. The van der Waals surface area contributed by atoms with Gasteiger partial charge in [-0.1, -0.05) is 43.2 Å². The lowest BCUT2D eigenvalue weighted by molar-refractivity contribution is 0.0591. The van der Waals surface area contributed by atoms with E-state index in [0.717, 1.165) is 48.3 Å². The van der Waals surface area contributed by atoms with E-state index in [2.05, 4.69) is 17.1 Å². The normalized spacial score (nSPS) is 20.3. The van der Waals surface area contributed by atoms with Crippen LogP contribution in [0.1, 0.15) is 60.1 Å². The molecule has 3 aliphatic rings. The Morgan fingerprint density at radius 3 is 2.41 bits per heavy atom. The molecule has 1 fully saturated rings. The molecule has 6 rings (SSSR count). The molecule has 1 saturated carbocycles. The average Bonchev–Trinajstić information content (AvgIpc) is 3.35. The van der Waals surface area contributed by atoms with E-state index in [-0.39, 0.29) is 28.5 Å². The summed E-state index contributed by atoms with van der Waals surface area (Å²) in [5.74, 6) is 1.32. The van der Waals surface area contributed by atoms with Crippen molar-refractivity contribution in [3.63, 3.8) is 0 Å². The van der Waals surface area contributed by atoms with E-state index < -0.39 is 0 Å². The van der Waals surface area contributed by atoms with Crippen LogP contribution in [0.5, 0.6) is 11.5 Å². The summed E-state index contributed by atoms with van der Waals surface area (Å²) in [4.78, 5) is 31.6. The number of aromatic nitrogens is 1. The number of ether oxygens (including phenoxy) is 2. The van der Waals surface area contributed by atoms with Gasteiger partial charge in [0.25, 0.3) is 11.5 Å². The number of hydrogen-bond donors (Lipinski definition) is 1. The van der Waals surface area contributed by atoms with Gasteiger partial charge in [0.2, 0.25) is 0 Å². The van der Waals surface area contributed by atoms with Crippen molar-refractivity contribution in [1.82, 2.24) is 9.88 Å². The van der Waals surface area contributed by atoms with Gasteiger partial charge in [-0.15, -0.1) is 0 Å². The zero-order chi connectivity index (χ0) is 23.3. The summed E-state index contributed by atoms with van der Waals surface area (Å²) < 4.78 is 11.7. The number of carbonyl (C=O) groups is 1. The Balaban J connectivity index is 1.39. The molecule has 174 valence electrons. The van der Waals surface area contributed by atoms with Crippen molar-refractivity contribution in [2.75, 3.05) is 19.8 Å². The van der Waals surface area contributed by atoms with Crippen LogP contribution in [0.2, 0.25) is 0 Å². The first kappa shape index (κ1) is 21.0. The Morgan fingerprint density at radius 2 is 1.71 bits per heavy atom. The Morgan fingerprint density at radius 1 is 1.00 bits per heavy atom. The van der Waals surface area contributed by atoms with Crippen LogP contribution in [0.25, 0.3) is 11.3 Å². The molecule has 1 spiro atoms. The maximum Gasteiger partial charge on any atom is 0.261 e. The molecule has 0 radical (unpaired) electrons. The summed E-state index contributed by atoms with van der Waals surface area (Å²) in [6.45, 7) is 3.73. The van der Waals surface area contributed by atoms with Gasteiger partial charge in [-0.05, 0) is 60.7 Å². The van der Waals surface area contributed by atoms with Gasteiger partial charge < -0.3 is 19.4 Å². The molecule has 1 amide bonds. The maximum atomic E-state index is 13.8. The number of nitrogens with one attached hydrogen (secondary N) is 1. The van der Waals surface area contributed by atoms with Gasteiger partial charge in [0, 0.05) is 17.7 Å². The molecule has 2 aromatic carbocycles. The third-order valence-electron chi connectivity index (χ3n) is 7.72. The number of hydrogen-bond acceptors (Lipinski definition) is 4. The number of rotatable bonds is 2. The molecule has 0 saturated heterocycles. The maximum absolute atomic E-state index is 13.8. The zero-order valence-electron chi connectivity index (χ0n) is 19.3. The summed E-state index contributed by atoms with van der Waals surface area (Å²) in [5, 5.41) is 0. The molecule has 6 heteroatoms. The predicted octanol–water partition coefficient (Wildman–Crippen LogP) is 4.84. The molecule has 2 aliphatic heterocycles. The van der Waals surface area contributed by atoms with E-state index >= 15 is 0 Å². The van der Waals surface area contributed by atoms with Crippen molar-refractivity contribution < 1.29 is 14.3 Å². The van der Waals surface area contributed by atoms with E-state index in [0.29, 0.717) is 25.5 Å². The molecule has 1 N–H and O–H groups in total. The molecule has 1 atom stereocenters. The number of carbonyl (C=O) groups excluding carboxylic acids is 1. The Kier molecular flexibility index (Phi) is 4.97. The average molecular weight is 457 g/mol. The van der Waals surface area contributed by atoms with Crippen LogP contribution in [-0.2, 0) is 5.41 Å². The SMILES string of the molecule is CC1c2cc3c(cc2C2(CCCC2)CN1C(=O)c1ccc(-c2ccccc2)[nH]c1=O)OCCO3. The van der Waals surface area contributed by atoms with E-state index in [1.165, 1.54) is 5.56 Å². The number of benzene rings is 2. The van der Waals surface area contributed by atoms with E-state index in [1.807, 2.05) is 48.2 Å². The van der Waals surface area contributed by atoms with Crippen LogP contribution in [0.4, 0.5) is 0 Å².